The summed E-state index contributed by atoms with van der Waals surface area (Å²) >= 11 is 0. The fourth-order valence-corrected chi connectivity index (χ4v) is 1.35. The Morgan fingerprint density at radius 1 is 1.29 bits per heavy atom. The predicted molar refractivity (Wildman–Crippen MR) is 51.0 cm³/mol. The van der Waals surface area contributed by atoms with Gasteiger partial charge in [0.25, 0.3) is 0 Å². The molecule has 0 aliphatic carbocycles. The molecule has 1 aromatic carbocycles. The molecule has 14 heavy (non-hydrogen) atoms. The summed E-state index contributed by atoms with van der Waals surface area (Å²) in [5.74, 6) is -0.0180. The first-order valence-electron chi connectivity index (χ1n) is 4.16. The first-order chi connectivity index (χ1) is 6.68. The number of hydrogen-bond donors (Lipinski definition) is 1. The number of halogens is 1. The Kier molecular flexibility index (Phi) is 1.96. The molecule has 0 bridgehead atoms. The van der Waals surface area contributed by atoms with Gasteiger partial charge in [-0.2, -0.15) is 0 Å². The van der Waals surface area contributed by atoms with Crippen LogP contribution in [0.4, 0.5) is 10.3 Å². The monoisotopic (exact) mass is 192 g/mol. The molecule has 0 spiro atoms. The molecule has 0 aliphatic rings. The molecule has 72 valence electrons. The molecule has 0 unspecified atom stereocenters. The van der Waals surface area contributed by atoms with E-state index in [0.717, 1.165) is 11.1 Å². The second-order valence-electron chi connectivity index (χ2n) is 3.01. The molecule has 0 amide bonds. The maximum absolute atomic E-state index is 12.7. The van der Waals surface area contributed by atoms with Gasteiger partial charge >= 0.3 is 0 Å². The largest absolute Gasteiger partial charge is 0.367 e. The van der Waals surface area contributed by atoms with Crippen LogP contribution in [0.3, 0.4) is 0 Å². The van der Waals surface area contributed by atoms with E-state index in [9.17, 15) is 4.39 Å². The Labute approximate surface area is 80.3 Å². The van der Waals surface area contributed by atoms with Crippen LogP contribution in [0.25, 0.3) is 11.1 Å². The summed E-state index contributed by atoms with van der Waals surface area (Å²) in [6.45, 7) is 1.79. The summed E-state index contributed by atoms with van der Waals surface area (Å²) in [7, 11) is 0. The zero-order valence-electron chi connectivity index (χ0n) is 7.62. The van der Waals surface area contributed by atoms with E-state index in [2.05, 4.69) is 5.16 Å². The van der Waals surface area contributed by atoms with Crippen molar-refractivity contribution >= 4 is 5.88 Å². The highest BCUT2D eigenvalue weighted by molar-refractivity contribution is 5.74. The van der Waals surface area contributed by atoms with Gasteiger partial charge in [0, 0.05) is 0 Å². The number of aryl methyl sites for hydroxylation is 1. The van der Waals surface area contributed by atoms with Crippen LogP contribution < -0.4 is 5.73 Å². The van der Waals surface area contributed by atoms with E-state index in [0.29, 0.717) is 5.69 Å². The van der Waals surface area contributed by atoms with Crippen molar-refractivity contribution in [2.45, 2.75) is 6.92 Å². The number of nitrogens with two attached hydrogens (primary N) is 1. The Morgan fingerprint density at radius 3 is 2.43 bits per heavy atom. The van der Waals surface area contributed by atoms with Gasteiger partial charge in [-0.25, -0.2) is 4.39 Å². The van der Waals surface area contributed by atoms with Crippen molar-refractivity contribution in [3.63, 3.8) is 0 Å². The summed E-state index contributed by atoms with van der Waals surface area (Å²) in [5, 5.41) is 3.72. The van der Waals surface area contributed by atoms with Crippen molar-refractivity contribution < 1.29 is 8.91 Å². The third kappa shape index (κ3) is 1.35. The third-order valence-corrected chi connectivity index (χ3v) is 2.02. The van der Waals surface area contributed by atoms with Gasteiger partial charge in [0.15, 0.2) is 0 Å². The highest BCUT2D eigenvalue weighted by atomic mass is 19.1. The topological polar surface area (TPSA) is 52.0 Å². The lowest BCUT2D eigenvalue weighted by atomic mass is 10.1. The fourth-order valence-electron chi connectivity index (χ4n) is 1.35. The molecule has 3 nitrogen and oxygen atoms in total. The Morgan fingerprint density at radius 2 is 1.93 bits per heavy atom. The number of nitrogens with zero attached hydrogens (tertiary/aromatic N) is 1. The standard InChI is InChI=1S/C10H9FN2O/c1-6-9(10(12)14-13-6)7-2-4-8(11)5-3-7/h2-5H,12H2,1H3. The van der Waals surface area contributed by atoms with Crippen LogP contribution in [0.5, 0.6) is 0 Å². The predicted octanol–water partition coefficient (Wildman–Crippen LogP) is 2.37. The number of rotatable bonds is 1. The zero-order chi connectivity index (χ0) is 10.1. The Bertz CT molecular complexity index is 428. The minimum Gasteiger partial charge on any atom is -0.367 e. The van der Waals surface area contributed by atoms with E-state index in [1.807, 2.05) is 0 Å². The SMILES string of the molecule is Cc1noc(N)c1-c1ccc(F)cc1. The molecule has 0 saturated heterocycles. The van der Waals surface area contributed by atoms with Gasteiger partial charge in [0.2, 0.25) is 5.88 Å². The molecule has 2 N–H and O–H groups in total. The molecule has 2 rings (SSSR count). The number of nitrogen functional groups attached to an aromatic ring is 1. The number of aromatic nitrogens is 1. The van der Waals surface area contributed by atoms with Gasteiger partial charge in [-0.3, -0.25) is 0 Å². The minimum absolute atomic E-state index is 0.258. The van der Waals surface area contributed by atoms with Gasteiger partial charge < -0.3 is 10.3 Å². The molecule has 0 radical (unpaired) electrons. The van der Waals surface area contributed by atoms with E-state index >= 15 is 0 Å². The van der Waals surface area contributed by atoms with E-state index in [1.165, 1.54) is 12.1 Å². The number of hydrogen-bond acceptors (Lipinski definition) is 3. The first-order valence-corrected chi connectivity index (χ1v) is 4.16. The van der Waals surface area contributed by atoms with E-state index in [1.54, 1.807) is 19.1 Å². The van der Waals surface area contributed by atoms with Gasteiger partial charge in [-0.05, 0) is 24.6 Å². The average Bonchev–Trinajstić information content (AvgIpc) is 2.49. The lowest BCUT2D eigenvalue weighted by Crippen LogP contribution is -1.86. The maximum atomic E-state index is 12.7. The van der Waals surface area contributed by atoms with Crippen molar-refractivity contribution in [3.8, 4) is 11.1 Å². The van der Waals surface area contributed by atoms with Crippen LogP contribution in [0.15, 0.2) is 28.8 Å². The molecule has 0 saturated carbocycles. The lowest BCUT2D eigenvalue weighted by molar-refractivity contribution is 0.431. The summed E-state index contributed by atoms with van der Waals surface area (Å²) in [4.78, 5) is 0. The van der Waals surface area contributed by atoms with E-state index < -0.39 is 0 Å². The van der Waals surface area contributed by atoms with Crippen LogP contribution in [0, 0.1) is 12.7 Å². The van der Waals surface area contributed by atoms with Crippen molar-refractivity contribution in [2.24, 2.45) is 0 Å². The first kappa shape index (κ1) is 8.74. The molecular formula is C10H9FN2O. The van der Waals surface area contributed by atoms with Crippen molar-refractivity contribution in [1.82, 2.24) is 5.16 Å². The van der Waals surface area contributed by atoms with Crippen LogP contribution >= 0.6 is 0 Å². The average molecular weight is 192 g/mol. The van der Waals surface area contributed by atoms with Gasteiger partial charge in [-0.1, -0.05) is 17.3 Å². The third-order valence-electron chi connectivity index (χ3n) is 2.02. The second-order valence-corrected chi connectivity index (χ2v) is 3.01. The molecule has 0 fully saturated rings. The van der Waals surface area contributed by atoms with Crippen LogP contribution in [-0.4, -0.2) is 5.16 Å². The summed E-state index contributed by atoms with van der Waals surface area (Å²) in [5.41, 5.74) is 7.83. The maximum Gasteiger partial charge on any atom is 0.230 e. The van der Waals surface area contributed by atoms with Crippen molar-refractivity contribution in [1.29, 1.82) is 0 Å². The van der Waals surface area contributed by atoms with Gasteiger partial charge in [-0.15, -0.1) is 0 Å². The fraction of sp³-hybridized carbons (Fsp3) is 0.100. The molecule has 0 atom stereocenters. The second kappa shape index (κ2) is 3.14. The Hall–Kier alpha value is -1.84. The quantitative estimate of drug-likeness (QED) is 0.754. The number of anilines is 1. The molecule has 0 aliphatic heterocycles. The van der Waals surface area contributed by atoms with E-state index in [-0.39, 0.29) is 11.7 Å². The zero-order valence-corrected chi connectivity index (χ0v) is 7.62. The van der Waals surface area contributed by atoms with Crippen LogP contribution in [-0.2, 0) is 0 Å². The highest BCUT2D eigenvalue weighted by Gasteiger charge is 2.11. The minimum atomic E-state index is -0.276. The molecular weight excluding hydrogens is 183 g/mol. The molecule has 1 heterocycles. The Balaban J connectivity index is 2.54. The highest BCUT2D eigenvalue weighted by Crippen LogP contribution is 2.28. The lowest BCUT2D eigenvalue weighted by Gasteiger charge is -1.98. The van der Waals surface area contributed by atoms with Crippen LogP contribution in [0.1, 0.15) is 5.69 Å². The van der Waals surface area contributed by atoms with E-state index in [4.69, 9.17) is 10.3 Å². The molecule has 4 heteroatoms. The van der Waals surface area contributed by atoms with Crippen molar-refractivity contribution in [2.75, 3.05) is 5.73 Å². The number of benzene rings is 1. The summed E-state index contributed by atoms with van der Waals surface area (Å²) < 4.78 is 17.5. The van der Waals surface area contributed by atoms with Gasteiger partial charge in [0.05, 0.1) is 11.3 Å². The van der Waals surface area contributed by atoms with Crippen molar-refractivity contribution in [3.05, 3.63) is 35.8 Å². The smallest absolute Gasteiger partial charge is 0.230 e. The van der Waals surface area contributed by atoms with Gasteiger partial charge in [0.1, 0.15) is 5.82 Å². The van der Waals surface area contributed by atoms with Crippen LogP contribution in [0.2, 0.25) is 0 Å². The summed E-state index contributed by atoms with van der Waals surface area (Å²) in [6, 6.07) is 6.04. The molecule has 1 aromatic heterocycles. The molecule has 2 aromatic rings. The normalized spacial score (nSPS) is 10.4. The summed E-state index contributed by atoms with van der Waals surface area (Å²) in [6.07, 6.45) is 0.